The Morgan fingerprint density at radius 1 is 1.17 bits per heavy atom. The molecule has 2 aromatic rings. The van der Waals surface area contributed by atoms with E-state index < -0.39 is 0 Å². The van der Waals surface area contributed by atoms with E-state index in [1.54, 1.807) is 13.2 Å². The zero-order valence-electron chi connectivity index (χ0n) is 17.8. The largest absolute Gasteiger partial charge is 0.497 e. The maximum absolute atomic E-state index is 13.2. The first-order valence-corrected chi connectivity index (χ1v) is 10.5. The first-order chi connectivity index (χ1) is 14.5. The molecular formula is C25H30N2O3. The van der Waals surface area contributed by atoms with Crippen LogP contribution in [0.5, 0.6) is 5.75 Å². The molecule has 0 saturated carbocycles. The summed E-state index contributed by atoms with van der Waals surface area (Å²) in [5.74, 6) is 0.737. The summed E-state index contributed by atoms with van der Waals surface area (Å²) >= 11 is 0. The van der Waals surface area contributed by atoms with Crippen LogP contribution in [0, 0.1) is 5.92 Å². The lowest BCUT2D eigenvalue weighted by Gasteiger charge is -2.23. The molecule has 0 N–H and O–H groups in total. The van der Waals surface area contributed by atoms with Crippen molar-refractivity contribution in [2.45, 2.75) is 19.8 Å². The number of ether oxygens (including phenoxy) is 1. The minimum absolute atomic E-state index is 0.0908. The Morgan fingerprint density at radius 2 is 1.90 bits per heavy atom. The summed E-state index contributed by atoms with van der Waals surface area (Å²) in [4.78, 5) is 29.2. The second kappa shape index (κ2) is 10.1. The molecule has 30 heavy (non-hydrogen) atoms. The fourth-order valence-electron chi connectivity index (χ4n) is 3.95. The standard InChI is InChI=1S/C25H30N2O3/c1-4-12-26-13-14-27(24(28)5-2)18-22(25(26)29)16-19-8-6-9-20(15-19)21-10-7-11-23(17-21)30-3/h4,6-11,15,17,22H,1,5,12-14,16,18H2,2-3H3. The van der Waals surface area contributed by atoms with Gasteiger partial charge in [0.15, 0.2) is 0 Å². The molecule has 3 rings (SSSR count). The molecule has 1 aliphatic rings. The Hall–Kier alpha value is -3.08. The number of carbonyl (C=O) groups excluding carboxylic acids is 2. The van der Waals surface area contributed by atoms with Gasteiger partial charge in [0.1, 0.15) is 5.75 Å². The van der Waals surface area contributed by atoms with Gasteiger partial charge in [-0.3, -0.25) is 9.59 Å². The number of hydrogen-bond donors (Lipinski definition) is 0. The van der Waals surface area contributed by atoms with E-state index in [1.165, 1.54) is 0 Å². The number of hydrogen-bond acceptors (Lipinski definition) is 3. The zero-order chi connectivity index (χ0) is 21.5. The van der Waals surface area contributed by atoms with E-state index in [9.17, 15) is 9.59 Å². The maximum atomic E-state index is 13.2. The summed E-state index contributed by atoms with van der Waals surface area (Å²) in [5.41, 5.74) is 3.23. The Bertz CT molecular complexity index is 909. The van der Waals surface area contributed by atoms with Crippen molar-refractivity contribution in [1.82, 2.24) is 9.80 Å². The van der Waals surface area contributed by atoms with Gasteiger partial charge in [0.2, 0.25) is 11.8 Å². The van der Waals surface area contributed by atoms with E-state index in [2.05, 4.69) is 18.7 Å². The highest BCUT2D eigenvalue weighted by Crippen LogP contribution is 2.26. The summed E-state index contributed by atoms with van der Waals surface area (Å²) < 4.78 is 5.34. The molecular weight excluding hydrogens is 376 g/mol. The Balaban J connectivity index is 1.85. The van der Waals surface area contributed by atoms with Gasteiger partial charge in [-0.05, 0) is 35.2 Å². The van der Waals surface area contributed by atoms with E-state index in [0.717, 1.165) is 22.4 Å². The third-order valence-corrected chi connectivity index (χ3v) is 5.56. The molecule has 1 fully saturated rings. The molecule has 0 spiro atoms. The average Bonchev–Trinajstić information content (AvgIpc) is 2.93. The van der Waals surface area contributed by atoms with Crippen LogP contribution in [0.15, 0.2) is 61.2 Å². The van der Waals surface area contributed by atoms with Gasteiger partial charge in [-0.15, -0.1) is 6.58 Å². The smallest absolute Gasteiger partial charge is 0.228 e. The van der Waals surface area contributed by atoms with Gasteiger partial charge in [0.05, 0.1) is 13.0 Å². The molecule has 5 heteroatoms. The highest BCUT2D eigenvalue weighted by atomic mass is 16.5. The van der Waals surface area contributed by atoms with Crippen LogP contribution in [0.3, 0.4) is 0 Å². The van der Waals surface area contributed by atoms with Gasteiger partial charge in [-0.1, -0.05) is 49.4 Å². The lowest BCUT2D eigenvalue weighted by molar-refractivity contribution is -0.134. The van der Waals surface area contributed by atoms with Gasteiger partial charge in [0, 0.05) is 32.6 Å². The third-order valence-electron chi connectivity index (χ3n) is 5.56. The summed E-state index contributed by atoms with van der Waals surface area (Å²) in [6, 6.07) is 16.2. The van der Waals surface area contributed by atoms with E-state index in [1.807, 2.05) is 53.1 Å². The normalized spacial score (nSPS) is 16.9. The molecule has 1 saturated heterocycles. The summed E-state index contributed by atoms with van der Waals surface area (Å²) in [7, 11) is 1.66. The molecule has 2 aromatic carbocycles. The third kappa shape index (κ3) is 5.09. The number of carbonyl (C=O) groups is 2. The molecule has 2 amide bonds. The van der Waals surface area contributed by atoms with Crippen LogP contribution in [0.4, 0.5) is 0 Å². The lowest BCUT2D eigenvalue weighted by Crippen LogP contribution is -2.37. The van der Waals surface area contributed by atoms with Crippen molar-refractivity contribution in [3.8, 4) is 16.9 Å². The molecule has 0 radical (unpaired) electrons. The topological polar surface area (TPSA) is 49.9 Å². The number of benzene rings is 2. The molecule has 1 heterocycles. The van der Waals surface area contributed by atoms with Crippen LogP contribution in [-0.4, -0.2) is 54.9 Å². The molecule has 158 valence electrons. The van der Waals surface area contributed by atoms with E-state index in [-0.39, 0.29) is 17.7 Å². The quantitative estimate of drug-likeness (QED) is 0.658. The van der Waals surface area contributed by atoms with E-state index in [0.29, 0.717) is 39.0 Å². The summed E-state index contributed by atoms with van der Waals surface area (Å²) in [5, 5.41) is 0. The van der Waals surface area contributed by atoms with Gasteiger partial charge < -0.3 is 14.5 Å². The number of methoxy groups -OCH3 is 1. The predicted octanol–water partition coefficient (Wildman–Crippen LogP) is 3.79. The van der Waals surface area contributed by atoms with Crippen molar-refractivity contribution in [3.05, 3.63) is 66.7 Å². The molecule has 0 bridgehead atoms. The fraction of sp³-hybridized carbons (Fsp3) is 0.360. The SMILES string of the molecule is C=CCN1CCN(C(=O)CC)CC(Cc2cccc(-c3cccc(OC)c3)c2)C1=O. The number of nitrogens with zero attached hydrogens (tertiary/aromatic N) is 2. The van der Waals surface area contributed by atoms with Crippen molar-refractivity contribution < 1.29 is 14.3 Å². The zero-order valence-corrected chi connectivity index (χ0v) is 17.8. The first-order valence-electron chi connectivity index (χ1n) is 10.5. The molecule has 1 unspecified atom stereocenters. The summed E-state index contributed by atoms with van der Waals surface area (Å²) in [6.07, 6.45) is 2.79. The highest BCUT2D eigenvalue weighted by molar-refractivity contribution is 5.82. The van der Waals surface area contributed by atoms with Gasteiger partial charge in [-0.2, -0.15) is 0 Å². The molecule has 0 aliphatic carbocycles. The van der Waals surface area contributed by atoms with Crippen LogP contribution in [0.1, 0.15) is 18.9 Å². The van der Waals surface area contributed by atoms with Crippen LogP contribution in [0.25, 0.3) is 11.1 Å². The molecule has 0 aromatic heterocycles. The first kappa shape index (κ1) is 21.6. The van der Waals surface area contributed by atoms with Crippen LogP contribution < -0.4 is 4.74 Å². The van der Waals surface area contributed by atoms with Crippen molar-refractivity contribution in [1.29, 1.82) is 0 Å². The predicted molar refractivity (Wildman–Crippen MR) is 119 cm³/mol. The second-order valence-electron chi connectivity index (χ2n) is 7.60. The van der Waals surface area contributed by atoms with E-state index >= 15 is 0 Å². The Labute approximate surface area is 178 Å². The molecule has 1 aliphatic heterocycles. The van der Waals surface area contributed by atoms with Crippen LogP contribution >= 0.6 is 0 Å². The highest BCUT2D eigenvalue weighted by Gasteiger charge is 2.31. The average molecular weight is 407 g/mol. The molecule has 5 nitrogen and oxygen atoms in total. The van der Waals surface area contributed by atoms with Gasteiger partial charge in [0.25, 0.3) is 0 Å². The minimum atomic E-state index is -0.261. The van der Waals surface area contributed by atoms with Gasteiger partial charge in [-0.25, -0.2) is 0 Å². The number of amides is 2. The summed E-state index contributed by atoms with van der Waals surface area (Å²) in [6.45, 7) is 7.73. The monoisotopic (exact) mass is 406 g/mol. The van der Waals surface area contributed by atoms with Crippen molar-refractivity contribution >= 4 is 11.8 Å². The Morgan fingerprint density at radius 3 is 2.60 bits per heavy atom. The maximum Gasteiger partial charge on any atom is 0.228 e. The van der Waals surface area contributed by atoms with Crippen LogP contribution in [0.2, 0.25) is 0 Å². The van der Waals surface area contributed by atoms with E-state index in [4.69, 9.17) is 4.74 Å². The second-order valence-corrected chi connectivity index (χ2v) is 7.60. The lowest BCUT2D eigenvalue weighted by atomic mass is 9.94. The Kier molecular flexibility index (Phi) is 7.28. The van der Waals surface area contributed by atoms with Crippen molar-refractivity contribution in [2.24, 2.45) is 5.92 Å². The van der Waals surface area contributed by atoms with Gasteiger partial charge >= 0.3 is 0 Å². The molecule has 1 atom stereocenters. The fourth-order valence-corrected chi connectivity index (χ4v) is 3.95. The minimum Gasteiger partial charge on any atom is -0.497 e. The van der Waals surface area contributed by atoms with Crippen LogP contribution in [-0.2, 0) is 16.0 Å². The van der Waals surface area contributed by atoms with Crippen molar-refractivity contribution in [2.75, 3.05) is 33.3 Å². The number of rotatable bonds is 7. The van der Waals surface area contributed by atoms with Crippen molar-refractivity contribution in [3.63, 3.8) is 0 Å².